The topological polar surface area (TPSA) is 21.7 Å². The minimum Gasteiger partial charge on any atom is -0.383 e. The van der Waals surface area contributed by atoms with E-state index in [4.69, 9.17) is 9.47 Å². The van der Waals surface area contributed by atoms with E-state index in [1.54, 1.807) is 14.2 Å². The summed E-state index contributed by atoms with van der Waals surface area (Å²) in [5.41, 5.74) is 0. The van der Waals surface area contributed by atoms with E-state index in [2.05, 4.69) is 24.5 Å². The average Bonchev–Trinajstić information content (AvgIpc) is 2.09. The third-order valence-corrected chi connectivity index (χ3v) is 1.91. The van der Waals surface area contributed by atoms with Crippen molar-refractivity contribution in [2.75, 3.05) is 47.1 Å². The van der Waals surface area contributed by atoms with Crippen molar-refractivity contribution in [3.63, 3.8) is 0 Å². The van der Waals surface area contributed by atoms with E-state index in [0.29, 0.717) is 5.25 Å². The molecule has 0 fully saturated rings. The molecule has 0 bridgehead atoms. The third kappa shape index (κ3) is 8.56. The number of nitrogens with zero attached hydrogens (tertiary/aromatic N) is 1. The molecule has 3 nitrogen and oxygen atoms in total. The highest BCUT2D eigenvalue weighted by Gasteiger charge is 2.06. The molecule has 80 valence electrons. The summed E-state index contributed by atoms with van der Waals surface area (Å²) in [5.74, 6) is 0. The summed E-state index contributed by atoms with van der Waals surface area (Å²) in [6, 6.07) is 0. The molecule has 0 aliphatic carbocycles. The van der Waals surface area contributed by atoms with Crippen LogP contribution in [-0.4, -0.2) is 57.2 Å². The second-order valence-electron chi connectivity index (χ2n) is 3.14. The normalized spacial score (nSPS) is 13.6. The molecule has 0 radical (unpaired) electrons. The Morgan fingerprint density at radius 2 is 1.62 bits per heavy atom. The van der Waals surface area contributed by atoms with Gasteiger partial charge in [-0.2, -0.15) is 12.6 Å². The molecule has 0 aromatic rings. The van der Waals surface area contributed by atoms with E-state index in [1.807, 2.05) is 0 Å². The Morgan fingerprint density at radius 1 is 1.15 bits per heavy atom. The van der Waals surface area contributed by atoms with Gasteiger partial charge in [-0.1, -0.05) is 6.92 Å². The van der Waals surface area contributed by atoms with Gasteiger partial charge in [0.05, 0.1) is 13.2 Å². The van der Waals surface area contributed by atoms with Crippen LogP contribution >= 0.6 is 12.6 Å². The van der Waals surface area contributed by atoms with Crippen molar-refractivity contribution in [1.29, 1.82) is 0 Å². The number of thiol groups is 1. The van der Waals surface area contributed by atoms with Crippen LogP contribution < -0.4 is 0 Å². The Kier molecular flexibility index (Phi) is 8.97. The Balaban J connectivity index is 3.60. The molecule has 0 aliphatic heterocycles. The highest BCUT2D eigenvalue weighted by atomic mass is 32.1. The molecular weight excluding hydrogens is 186 g/mol. The summed E-state index contributed by atoms with van der Waals surface area (Å²) >= 11 is 4.36. The average molecular weight is 207 g/mol. The van der Waals surface area contributed by atoms with Gasteiger partial charge in [-0.05, 0) is 0 Å². The summed E-state index contributed by atoms with van der Waals surface area (Å²) in [6.07, 6.45) is 0. The molecule has 1 atom stereocenters. The van der Waals surface area contributed by atoms with Crippen molar-refractivity contribution in [1.82, 2.24) is 4.90 Å². The highest BCUT2D eigenvalue weighted by Crippen LogP contribution is 1.98. The van der Waals surface area contributed by atoms with E-state index in [9.17, 15) is 0 Å². The standard InChI is InChI=1S/C9H21NO2S/c1-9(13)8-10(4-6-11-2)5-7-12-3/h9,13H,4-8H2,1-3H3/t9-/m0/s1. The van der Waals surface area contributed by atoms with E-state index in [1.165, 1.54) is 0 Å². The van der Waals surface area contributed by atoms with Crippen LogP contribution in [0.1, 0.15) is 6.92 Å². The molecule has 0 amide bonds. The highest BCUT2D eigenvalue weighted by molar-refractivity contribution is 7.80. The fraction of sp³-hybridized carbons (Fsp3) is 1.00. The fourth-order valence-electron chi connectivity index (χ4n) is 1.11. The molecule has 0 spiro atoms. The number of rotatable bonds is 8. The van der Waals surface area contributed by atoms with Crippen molar-refractivity contribution in [2.45, 2.75) is 12.2 Å². The van der Waals surface area contributed by atoms with Crippen LogP contribution in [0.15, 0.2) is 0 Å². The van der Waals surface area contributed by atoms with E-state index in [0.717, 1.165) is 32.8 Å². The van der Waals surface area contributed by atoms with Gasteiger partial charge in [0.2, 0.25) is 0 Å². The van der Waals surface area contributed by atoms with Gasteiger partial charge in [-0.25, -0.2) is 0 Å². The molecule has 0 saturated carbocycles. The lowest BCUT2D eigenvalue weighted by atomic mass is 10.4. The van der Waals surface area contributed by atoms with E-state index < -0.39 is 0 Å². The van der Waals surface area contributed by atoms with Gasteiger partial charge in [0.15, 0.2) is 0 Å². The zero-order valence-corrected chi connectivity index (χ0v) is 9.72. The van der Waals surface area contributed by atoms with Crippen molar-refractivity contribution in [3.05, 3.63) is 0 Å². The van der Waals surface area contributed by atoms with Gasteiger partial charge in [0, 0.05) is 39.1 Å². The molecule has 0 unspecified atom stereocenters. The van der Waals surface area contributed by atoms with Gasteiger partial charge in [0.1, 0.15) is 0 Å². The lowest BCUT2D eigenvalue weighted by Gasteiger charge is -2.22. The molecule has 13 heavy (non-hydrogen) atoms. The Labute approximate surface area is 86.8 Å². The second-order valence-corrected chi connectivity index (χ2v) is 4.02. The maximum Gasteiger partial charge on any atom is 0.0589 e. The second kappa shape index (κ2) is 8.81. The van der Waals surface area contributed by atoms with Crippen LogP contribution in [0.3, 0.4) is 0 Å². The van der Waals surface area contributed by atoms with Crippen molar-refractivity contribution in [2.24, 2.45) is 0 Å². The summed E-state index contributed by atoms with van der Waals surface area (Å²) in [6.45, 7) is 6.51. The smallest absolute Gasteiger partial charge is 0.0589 e. The number of hydrogen-bond acceptors (Lipinski definition) is 4. The molecule has 0 heterocycles. The van der Waals surface area contributed by atoms with Crippen LogP contribution in [0.25, 0.3) is 0 Å². The SMILES string of the molecule is COCCN(CCOC)C[C@H](C)S. The largest absolute Gasteiger partial charge is 0.383 e. The van der Waals surface area contributed by atoms with Crippen LogP contribution in [0.2, 0.25) is 0 Å². The van der Waals surface area contributed by atoms with Gasteiger partial charge in [-0.3, -0.25) is 4.90 Å². The predicted octanol–water partition coefficient (Wildman–Crippen LogP) is 0.900. The summed E-state index contributed by atoms with van der Waals surface area (Å²) in [7, 11) is 3.44. The quantitative estimate of drug-likeness (QED) is 0.598. The van der Waals surface area contributed by atoms with Crippen molar-refractivity contribution >= 4 is 12.6 Å². The Bertz CT molecular complexity index is 104. The van der Waals surface area contributed by atoms with E-state index in [-0.39, 0.29) is 0 Å². The minimum atomic E-state index is 0.397. The summed E-state index contributed by atoms with van der Waals surface area (Å²) < 4.78 is 10.1. The van der Waals surface area contributed by atoms with Crippen LogP contribution in [0.5, 0.6) is 0 Å². The van der Waals surface area contributed by atoms with Crippen molar-refractivity contribution in [3.8, 4) is 0 Å². The molecule has 4 heteroatoms. The lowest BCUT2D eigenvalue weighted by Crippen LogP contribution is -2.34. The van der Waals surface area contributed by atoms with Gasteiger partial charge >= 0.3 is 0 Å². The first-order valence-electron chi connectivity index (χ1n) is 4.59. The number of hydrogen-bond donors (Lipinski definition) is 1. The predicted molar refractivity (Wildman–Crippen MR) is 58.6 cm³/mol. The lowest BCUT2D eigenvalue weighted by molar-refractivity contribution is 0.115. The van der Waals surface area contributed by atoms with E-state index >= 15 is 0 Å². The molecular formula is C9H21NO2S. The first-order valence-corrected chi connectivity index (χ1v) is 5.10. The number of ether oxygens (including phenoxy) is 2. The van der Waals surface area contributed by atoms with Gasteiger partial charge in [-0.15, -0.1) is 0 Å². The summed E-state index contributed by atoms with van der Waals surface area (Å²) in [5, 5.41) is 0.397. The van der Waals surface area contributed by atoms with Crippen LogP contribution in [0.4, 0.5) is 0 Å². The Hall–Kier alpha value is 0.230. The maximum absolute atomic E-state index is 5.03. The molecule has 0 aromatic carbocycles. The zero-order chi connectivity index (χ0) is 10.1. The molecule has 0 N–H and O–H groups in total. The maximum atomic E-state index is 5.03. The number of methoxy groups -OCH3 is 2. The fourth-order valence-corrected chi connectivity index (χ4v) is 1.34. The van der Waals surface area contributed by atoms with Gasteiger partial charge in [0.25, 0.3) is 0 Å². The molecule has 0 aromatic heterocycles. The van der Waals surface area contributed by atoms with Crippen LogP contribution in [0, 0.1) is 0 Å². The monoisotopic (exact) mass is 207 g/mol. The van der Waals surface area contributed by atoms with Gasteiger partial charge < -0.3 is 9.47 Å². The zero-order valence-electron chi connectivity index (χ0n) is 8.82. The van der Waals surface area contributed by atoms with Crippen molar-refractivity contribution < 1.29 is 9.47 Å². The molecule has 0 saturated heterocycles. The minimum absolute atomic E-state index is 0.397. The first kappa shape index (κ1) is 13.2. The third-order valence-electron chi connectivity index (χ3n) is 1.75. The molecule has 0 rings (SSSR count). The first-order chi connectivity index (χ1) is 6.20. The van der Waals surface area contributed by atoms with Crippen LogP contribution in [-0.2, 0) is 9.47 Å². The summed E-state index contributed by atoms with van der Waals surface area (Å²) in [4.78, 5) is 2.30. The Morgan fingerprint density at radius 3 is 1.92 bits per heavy atom. The molecule has 0 aliphatic rings.